The van der Waals surface area contributed by atoms with Gasteiger partial charge in [-0.1, -0.05) is 6.07 Å². The summed E-state index contributed by atoms with van der Waals surface area (Å²) in [6.45, 7) is 2.10. The van der Waals surface area contributed by atoms with Gasteiger partial charge in [0.15, 0.2) is 0 Å². The predicted octanol–water partition coefficient (Wildman–Crippen LogP) is 0.00580. The number of carboxylic acid groups (broad SMARTS) is 1. The van der Waals surface area contributed by atoms with Gasteiger partial charge in [0.05, 0.1) is 6.54 Å². The number of amides is 1. The summed E-state index contributed by atoms with van der Waals surface area (Å²) in [5, 5.41) is 12.6. The molecule has 0 spiro atoms. The summed E-state index contributed by atoms with van der Waals surface area (Å²) < 4.78 is 25.6. The van der Waals surface area contributed by atoms with E-state index in [9.17, 15) is 18.0 Å². The van der Waals surface area contributed by atoms with E-state index in [-0.39, 0.29) is 4.21 Å². The van der Waals surface area contributed by atoms with Crippen molar-refractivity contribution >= 4 is 33.2 Å². The van der Waals surface area contributed by atoms with E-state index in [2.05, 4.69) is 10.0 Å². The van der Waals surface area contributed by atoms with Crippen molar-refractivity contribution in [2.75, 3.05) is 6.54 Å². The smallest absolute Gasteiger partial charge is 0.328 e. The number of nitrogens with one attached hydrogen (secondary N) is 2. The maximum atomic E-state index is 11.7. The van der Waals surface area contributed by atoms with Crippen molar-refractivity contribution in [3.05, 3.63) is 17.5 Å². The molecule has 0 saturated carbocycles. The third-order valence-electron chi connectivity index (χ3n) is 2.17. The zero-order valence-electron chi connectivity index (χ0n) is 10.3. The first kappa shape index (κ1) is 15.6. The van der Waals surface area contributed by atoms with Gasteiger partial charge in [-0.25, -0.2) is 17.9 Å². The molecule has 0 aliphatic rings. The van der Waals surface area contributed by atoms with Crippen LogP contribution in [0.25, 0.3) is 0 Å². The Morgan fingerprint density at radius 3 is 2.53 bits per heavy atom. The van der Waals surface area contributed by atoms with Crippen LogP contribution in [0.4, 0.5) is 0 Å². The number of thiophene rings is 1. The minimum absolute atomic E-state index is 0.0952. The number of rotatable bonds is 6. The minimum atomic E-state index is -3.73. The Morgan fingerprint density at radius 2 is 2.05 bits per heavy atom. The summed E-state index contributed by atoms with van der Waals surface area (Å²) in [5.74, 6) is -1.92. The molecule has 7 nitrogen and oxygen atoms in total. The van der Waals surface area contributed by atoms with Crippen LogP contribution in [0.5, 0.6) is 0 Å². The van der Waals surface area contributed by atoms with Gasteiger partial charge in [-0.2, -0.15) is 0 Å². The molecule has 0 aliphatic carbocycles. The fourth-order valence-electron chi connectivity index (χ4n) is 1.09. The van der Waals surface area contributed by atoms with Crippen molar-refractivity contribution in [3.63, 3.8) is 0 Å². The van der Waals surface area contributed by atoms with Crippen molar-refractivity contribution < 1.29 is 23.1 Å². The van der Waals surface area contributed by atoms with E-state index >= 15 is 0 Å². The van der Waals surface area contributed by atoms with Crippen LogP contribution in [0.15, 0.2) is 21.7 Å². The highest BCUT2D eigenvalue weighted by Gasteiger charge is 2.29. The van der Waals surface area contributed by atoms with Crippen LogP contribution in [0.3, 0.4) is 0 Å². The maximum Gasteiger partial charge on any atom is 0.328 e. The van der Waals surface area contributed by atoms with Crippen LogP contribution in [0, 0.1) is 0 Å². The van der Waals surface area contributed by atoms with Crippen molar-refractivity contribution in [3.8, 4) is 0 Å². The van der Waals surface area contributed by atoms with Gasteiger partial charge >= 0.3 is 5.97 Å². The average molecular weight is 306 g/mol. The molecular weight excluding hydrogens is 292 g/mol. The lowest BCUT2D eigenvalue weighted by molar-refractivity contribution is -0.145. The van der Waals surface area contributed by atoms with Crippen molar-refractivity contribution in [1.29, 1.82) is 0 Å². The van der Waals surface area contributed by atoms with Gasteiger partial charge in [-0.15, -0.1) is 11.3 Å². The van der Waals surface area contributed by atoms with Crippen LogP contribution in [0.2, 0.25) is 0 Å². The third kappa shape index (κ3) is 4.30. The van der Waals surface area contributed by atoms with Crippen LogP contribution in [-0.4, -0.2) is 37.5 Å². The SMILES string of the molecule is CC(C)(NC(=O)CNS(=O)(=O)c1cccs1)C(=O)O. The monoisotopic (exact) mass is 306 g/mol. The quantitative estimate of drug-likeness (QED) is 0.685. The van der Waals surface area contributed by atoms with Crippen molar-refractivity contribution in [2.24, 2.45) is 0 Å². The van der Waals surface area contributed by atoms with Gasteiger partial charge in [0.1, 0.15) is 9.75 Å². The maximum absolute atomic E-state index is 11.7. The lowest BCUT2D eigenvalue weighted by Gasteiger charge is -2.20. The van der Waals surface area contributed by atoms with Crippen LogP contribution >= 0.6 is 11.3 Å². The number of carboxylic acids is 1. The fraction of sp³-hybridized carbons (Fsp3) is 0.400. The summed E-state index contributed by atoms with van der Waals surface area (Å²) in [4.78, 5) is 22.3. The lowest BCUT2D eigenvalue weighted by atomic mass is 10.1. The minimum Gasteiger partial charge on any atom is -0.480 e. The predicted molar refractivity (Wildman–Crippen MR) is 69.4 cm³/mol. The fourth-order valence-corrected chi connectivity index (χ4v) is 3.11. The Morgan fingerprint density at radius 1 is 1.42 bits per heavy atom. The Balaban J connectivity index is 2.59. The van der Waals surface area contributed by atoms with E-state index in [0.717, 1.165) is 11.3 Å². The molecule has 106 valence electrons. The zero-order valence-corrected chi connectivity index (χ0v) is 12.0. The molecule has 1 aromatic rings. The number of hydrogen-bond donors (Lipinski definition) is 3. The van der Waals surface area contributed by atoms with Crippen LogP contribution in [0.1, 0.15) is 13.8 Å². The zero-order chi connectivity index (χ0) is 14.7. The summed E-state index contributed by atoms with van der Waals surface area (Å²) >= 11 is 1.02. The lowest BCUT2D eigenvalue weighted by Crippen LogP contribution is -2.52. The molecule has 0 saturated heterocycles. The highest BCUT2D eigenvalue weighted by atomic mass is 32.2. The molecular formula is C10H14N2O5S2. The third-order valence-corrected chi connectivity index (χ3v) is 4.97. The first-order chi connectivity index (χ1) is 8.65. The molecule has 0 radical (unpaired) electrons. The Labute approximate surface area is 114 Å². The van der Waals surface area contributed by atoms with Crippen molar-refractivity contribution in [2.45, 2.75) is 23.6 Å². The van der Waals surface area contributed by atoms with Crippen molar-refractivity contribution in [1.82, 2.24) is 10.0 Å². The van der Waals surface area contributed by atoms with Gasteiger partial charge in [-0.3, -0.25) is 4.79 Å². The second-order valence-electron chi connectivity index (χ2n) is 4.23. The van der Waals surface area contributed by atoms with Crippen LogP contribution in [-0.2, 0) is 19.6 Å². The molecule has 0 fully saturated rings. The first-order valence-electron chi connectivity index (χ1n) is 5.23. The van der Waals surface area contributed by atoms with Gasteiger partial charge in [0.2, 0.25) is 5.91 Å². The van der Waals surface area contributed by atoms with E-state index in [1.165, 1.54) is 19.9 Å². The Hall–Kier alpha value is -1.45. The van der Waals surface area contributed by atoms with Crippen LogP contribution < -0.4 is 10.0 Å². The normalized spacial score (nSPS) is 12.1. The summed E-state index contributed by atoms with van der Waals surface area (Å²) in [7, 11) is -3.73. The molecule has 0 unspecified atom stereocenters. The molecule has 1 aromatic heterocycles. The number of sulfonamides is 1. The summed E-state index contributed by atoms with van der Waals surface area (Å²) in [6.07, 6.45) is 0. The molecule has 0 aliphatic heterocycles. The molecule has 1 rings (SSSR count). The number of carbonyl (C=O) groups is 2. The Kier molecular flexibility index (Phi) is 4.66. The number of carbonyl (C=O) groups excluding carboxylic acids is 1. The van der Waals surface area contributed by atoms with Gasteiger partial charge in [0.25, 0.3) is 10.0 Å². The molecule has 0 bridgehead atoms. The highest BCUT2D eigenvalue weighted by molar-refractivity contribution is 7.91. The number of hydrogen-bond acceptors (Lipinski definition) is 5. The molecule has 1 amide bonds. The van der Waals surface area contributed by atoms with E-state index in [4.69, 9.17) is 5.11 Å². The van der Waals surface area contributed by atoms with E-state index < -0.39 is 34.0 Å². The Bertz CT molecular complexity index is 563. The number of aliphatic carboxylic acids is 1. The molecule has 1 heterocycles. The van der Waals surface area contributed by atoms with E-state index in [1.54, 1.807) is 11.4 Å². The largest absolute Gasteiger partial charge is 0.480 e. The average Bonchev–Trinajstić information content (AvgIpc) is 2.79. The second-order valence-corrected chi connectivity index (χ2v) is 7.18. The summed E-state index contributed by atoms with van der Waals surface area (Å²) in [6, 6.07) is 2.99. The second kappa shape index (κ2) is 5.68. The molecule has 0 aromatic carbocycles. The topological polar surface area (TPSA) is 113 Å². The van der Waals surface area contributed by atoms with Gasteiger partial charge < -0.3 is 10.4 Å². The molecule has 19 heavy (non-hydrogen) atoms. The highest BCUT2D eigenvalue weighted by Crippen LogP contribution is 2.14. The first-order valence-corrected chi connectivity index (χ1v) is 7.59. The van der Waals surface area contributed by atoms with E-state index in [0.29, 0.717) is 0 Å². The van der Waals surface area contributed by atoms with Gasteiger partial charge in [0, 0.05) is 0 Å². The summed E-state index contributed by atoms with van der Waals surface area (Å²) in [5.41, 5.74) is -1.45. The molecule has 9 heteroatoms. The molecule has 0 atom stereocenters. The molecule has 3 N–H and O–H groups in total. The van der Waals surface area contributed by atoms with Gasteiger partial charge in [-0.05, 0) is 25.3 Å². The van der Waals surface area contributed by atoms with E-state index in [1.807, 2.05) is 0 Å². The standard InChI is InChI=1S/C10H14N2O5S2/c1-10(2,9(14)15)12-7(13)6-11-19(16,17)8-4-3-5-18-8/h3-5,11H,6H2,1-2H3,(H,12,13)(H,14,15).